The zero-order valence-electron chi connectivity index (χ0n) is 11.8. The highest BCUT2D eigenvalue weighted by atomic mass is 79.9. The van der Waals surface area contributed by atoms with Gasteiger partial charge < -0.3 is 10.5 Å². The van der Waals surface area contributed by atoms with E-state index in [1.54, 1.807) is 12.1 Å². The van der Waals surface area contributed by atoms with Crippen LogP contribution >= 0.6 is 15.9 Å². The van der Waals surface area contributed by atoms with Crippen molar-refractivity contribution in [3.05, 3.63) is 57.1 Å². The summed E-state index contributed by atoms with van der Waals surface area (Å²) in [5.74, 6) is 1.63. The molecule has 2 rings (SSSR count). The molecular formula is C16H17BrN2O. The second-order valence-corrected chi connectivity index (χ2v) is 5.67. The molecule has 0 bridgehead atoms. The SMILES string of the molecule is Cc1ccc(C)c(Oc2ccc(C(=N)N)cc2Br)c1C. The van der Waals surface area contributed by atoms with Crippen LogP contribution in [0.25, 0.3) is 0 Å². The summed E-state index contributed by atoms with van der Waals surface area (Å²) < 4.78 is 6.81. The van der Waals surface area contributed by atoms with Crippen LogP contribution in [0.4, 0.5) is 0 Å². The summed E-state index contributed by atoms with van der Waals surface area (Å²) in [5, 5.41) is 7.44. The Morgan fingerprint density at radius 3 is 2.35 bits per heavy atom. The van der Waals surface area contributed by atoms with Crippen LogP contribution in [0, 0.1) is 26.2 Å². The molecule has 0 unspecified atom stereocenters. The van der Waals surface area contributed by atoms with E-state index >= 15 is 0 Å². The third-order valence-electron chi connectivity index (χ3n) is 3.33. The second-order valence-electron chi connectivity index (χ2n) is 4.81. The normalized spacial score (nSPS) is 10.4. The third-order valence-corrected chi connectivity index (χ3v) is 3.95. The number of hydrogen-bond donors (Lipinski definition) is 2. The van der Waals surface area contributed by atoms with Crippen LogP contribution in [-0.4, -0.2) is 5.84 Å². The van der Waals surface area contributed by atoms with Crippen LogP contribution < -0.4 is 10.5 Å². The van der Waals surface area contributed by atoms with Gasteiger partial charge >= 0.3 is 0 Å². The van der Waals surface area contributed by atoms with Gasteiger partial charge in [0.05, 0.1) is 4.47 Å². The molecule has 2 aromatic carbocycles. The van der Waals surface area contributed by atoms with Crippen molar-refractivity contribution in [1.29, 1.82) is 5.41 Å². The van der Waals surface area contributed by atoms with Gasteiger partial charge in [0.15, 0.2) is 0 Å². The first kappa shape index (κ1) is 14.6. The van der Waals surface area contributed by atoms with Crippen molar-refractivity contribution in [3.63, 3.8) is 0 Å². The van der Waals surface area contributed by atoms with E-state index in [0.717, 1.165) is 21.3 Å². The smallest absolute Gasteiger partial charge is 0.141 e. The van der Waals surface area contributed by atoms with Crippen molar-refractivity contribution in [2.45, 2.75) is 20.8 Å². The number of benzene rings is 2. The molecule has 0 radical (unpaired) electrons. The van der Waals surface area contributed by atoms with Gasteiger partial charge in [-0.15, -0.1) is 0 Å². The number of nitrogens with two attached hydrogens (primary N) is 1. The van der Waals surface area contributed by atoms with Crippen LogP contribution in [0.5, 0.6) is 11.5 Å². The Labute approximate surface area is 127 Å². The summed E-state index contributed by atoms with van der Waals surface area (Å²) in [6, 6.07) is 9.53. The zero-order chi connectivity index (χ0) is 14.9. The minimum atomic E-state index is 0.0418. The summed E-state index contributed by atoms with van der Waals surface area (Å²) >= 11 is 3.46. The average molecular weight is 333 g/mol. The minimum Gasteiger partial charge on any atom is -0.456 e. The summed E-state index contributed by atoms with van der Waals surface area (Å²) in [4.78, 5) is 0. The Morgan fingerprint density at radius 2 is 1.75 bits per heavy atom. The number of aryl methyl sites for hydroxylation is 2. The highest BCUT2D eigenvalue weighted by molar-refractivity contribution is 9.10. The molecular weight excluding hydrogens is 316 g/mol. The van der Waals surface area contributed by atoms with Crippen molar-refractivity contribution in [1.82, 2.24) is 0 Å². The average Bonchev–Trinajstić information content (AvgIpc) is 2.40. The lowest BCUT2D eigenvalue weighted by Crippen LogP contribution is -2.10. The van der Waals surface area contributed by atoms with E-state index in [9.17, 15) is 0 Å². The molecule has 4 heteroatoms. The van der Waals surface area contributed by atoms with Crippen molar-refractivity contribution >= 4 is 21.8 Å². The molecule has 0 spiro atoms. The fourth-order valence-electron chi connectivity index (χ4n) is 1.94. The monoisotopic (exact) mass is 332 g/mol. The molecule has 104 valence electrons. The molecule has 0 atom stereocenters. The third kappa shape index (κ3) is 2.85. The van der Waals surface area contributed by atoms with Gasteiger partial charge in [-0.3, -0.25) is 5.41 Å². The molecule has 0 aliphatic heterocycles. The van der Waals surface area contributed by atoms with Gasteiger partial charge in [-0.2, -0.15) is 0 Å². The largest absolute Gasteiger partial charge is 0.456 e. The van der Waals surface area contributed by atoms with Crippen molar-refractivity contribution < 1.29 is 4.74 Å². The van der Waals surface area contributed by atoms with Gasteiger partial charge in [-0.1, -0.05) is 12.1 Å². The van der Waals surface area contributed by atoms with E-state index in [0.29, 0.717) is 11.3 Å². The first-order chi connectivity index (χ1) is 9.40. The Kier molecular flexibility index (Phi) is 4.14. The predicted molar refractivity (Wildman–Crippen MR) is 85.9 cm³/mol. The Balaban J connectivity index is 2.41. The lowest BCUT2D eigenvalue weighted by molar-refractivity contribution is 0.471. The maximum atomic E-state index is 7.44. The van der Waals surface area contributed by atoms with E-state index in [1.807, 2.05) is 13.0 Å². The molecule has 0 saturated carbocycles. The molecule has 0 aliphatic carbocycles. The molecule has 0 amide bonds. The summed E-state index contributed by atoms with van der Waals surface area (Å²) in [5.41, 5.74) is 9.56. The van der Waals surface area contributed by atoms with E-state index in [1.165, 1.54) is 5.56 Å². The summed E-state index contributed by atoms with van der Waals surface area (Å²) in [6.07, 6.45) is 0. The number of nitrogens with one attached hydrogen (secondary N) is 1. The fourth-order valence-corrected chi connectivity index (χ4v) is 2.40. The molecule has 0 saturated heterocycles. The van der Waals surface area contributed by atoms with Crippen LogP contribution in [-0.2, 0) is 0 Å². The first-order valence-corrected chi connectivity index (χ1v) is 7.08. The van der Waals surface area contributed by atoms with E-state index in [2.05, 4.69) is 41.9 Å². The highest BCUT2D eigenvalue weighted by Gasteiger charge is 2.10. The molecule has 0 aliphatic rings. The Hall–Kier alpha value is -1.81. The summed E-state index contributed by atoms with van der Waals surface area (Å²) in [7, 11) is 0. The Morgan fingerprint density at radius 1 is 1.10 bits per heavy atom. The minimum absolute atomic E-state index is 0.0418. The van der Waals surface area contributed by atoms with E-state index < -0.39 is 0 Å². The quantitative estimate of drug-likeness (QED) is 0.644. The number of nitrogen functional groups attached to an aromatic ring is 1. The maximum Gasteiger partial charge on any atom is 0.141 e. The molecule has 20 heavy (non-hydrogen) atoms. The zero-order valence-corrected chi connectivity index (χ0v) is 13.3. The van der Waals surface area contributed by atoms with Gasteiger partial charge in [-0.05, 0) is 71.6 Å². The molecule has 0 fully saturated rings. The highest BCUT2D eigenvalue weighted by Crippen LogP contribution is 2.35. The molecule has 3 N–H and O–H groups in total. The first-order valence-electron chi connectivity index (χ1n) is 6.28. The summed E-state index contributed by atoms with van der Waals surface area (Å²) in [6.45, 7) is 6.14. The molecule has 3 nitrogen and oxygen atoms in total. The van der Waals surface area contributed by atoms with Crippen LogP contribution in [0.2, 0.25) is 0 Å². The van der Waals surface area contributed by atoms with Crippen LogP contribution in [0.1, 0.15) is 22.3 Å². The molecule has 0 heterocycles. The van der Waals surface area contributed by atoms with Gasteiger partial charge in [0.2, 0.25) is 0 Å². The standard InChI is InChI=1S/C16H17BrN2O/c1-9-4-5-10(2)15(11(9)3)20-14-7-6-12(16(18)19)8-13(14)17/h4-8H,1-3H3,(H3,18,19). The number of rotatable bonds is 3. The topological polar surface area (TPSA) is 59.1 Å². The number of hydrogen-bond acceptors (Lipinski definition) is 2. The molecule has 0 aromatic heterocycles. The number of amidine groups is 1. The second kappa shape index (κ2) is 5.67. The van der Waals surface area contributed by atoms with Gasteiger partial charge in [0.25, 0.3) is 0 Å². The van der Waals surface area contributed by atoms with Crippen LogP contribution in [0.15, 0.2) is 34.8 Å². The van der Waals surface area contributed by atoms with Gasteiger partial charge in [0.1, 0.15) is 17.3 Å². The van der Waals surface area contributed by atoms with Crippen molar-refractivity contribution in [2.24, 2.45) is 5.73 Å². The number of halogens is 1. The number of ether oxygens (including phenoxy) is 1. The van der Waals surface area contributed by atoms with Crippen LogP contribution in [0.3, 0.4) is 0 Å². The van der Waals surface area contributed by atoms with E-state index in [-0.39, 0.29) is 5.84 Å². The maximum absolute atomic E-state index is 7.44. The lowest BCUT2D eigenvalue weighted by atomic mass is 10.1. The molecule has 2 aromatic rings. The van der Waals surface area contributed by atoms with Crippen molar-refractivity contribution in [2.75, 3.05) is 0 Å². The fraction of sp³-hybridized carbons (Fsp3) is 0.188. The van der Waals surface area contributed by atoms with Crippen molar-refractivity contribution in [3.8, 4) is 11.5 Å². The Bertz CT molecular complexity index is 680. The van der Waals surface area contributed by atoms with Gasteiger partial charge in [0, 0.05) is 5.56 Å². The predicted octanol–water partition coefficient (Wildman–Crippen LogP) is 4.45. The van der Waals surface area contributed by atoms with E-state index in [4.69, 9.17) is 15.9 Å². The lowest BCUT2D eigenvalue weighted by Gasteiger charge is -2.15. The van der Waals surface area contributed by atoms with Gasteiger partial charge in [-0.25, -0.2) is 0 Å².